The van der Waals surface area contributed by atoms with Gasteiger partial charge in [0.1, 0.15) is 5.75 Å². The summed E-state index contributed by atoms with van der Waals surface area (Å²) in [6.45, 7) is 2.92. The normalized spacial score (nSPS) is 14.4. The van der Waals surface area contributed by atoms with E-state index in [2.05, 4.69) is 0 Å². The van der Waals surface area contributed by atoms with Crippen LogP contribution in [0.4, 0.5) is 0 Å². The molecular formula is C13H21NO3. The summed E-state index contributed by atoms with van der Waals surface area (Å²) in [7, 11) is 3.30. The average molecular weight is 239 g/mol. The molecule has 96 valence electrons. The Balaban J connectivity index is 2.78. The quantitative estimate of drug-likeness (QED) is 0.787. The molecule has 1 aromatic rings. The Morgan fingerprint density at radius 1 is 1.24 bits per heavy atom. The van der Waals surface area contributed by atoms with Crippen LogP contribution in [0.3, 0.4) is 0 Å². The maximum atomic E-state index is 5.84. The smallest absolute Gasteiger partial charge is 0.124 e. The second-order valence-corrected chi connectivity index (χ2v) is 3.87. The summed E-state index contributed by atoms with van der Waals surface area (Å²) < 4.78 is 16.2. The molecule has 0 radical (unpaired) electrons. The minimum atomic E-state index is -0.170. The van der Waals surface area contributed by atoms with Crippen LogP contribution in [0.5, 0.6) is 5.75 Å². The molecule has 0 spiro atoms. The van der Waals surface area contributed by atoms with E-state index in [0.717, 1.165) is 11.3 Å². The van der Waals surface area contributed by atoms with Crippen LogP contribution in [0.1, 0.15) is 18.6 Å². The molecule has 4 heteroatoms. The van der Waals surface area contributed by atoms with Gasteiger partial charge in [-0.25, -0.2) is 0 Å². The van der Waals surface area contributed by atoms with Gasteiger partial charge in [0.05, 0.1) is 25.9 Å². The van der Waals surface area contributed by atoms with Crippen LogP contribution >= 0.6 is 0 Å². The Labute approximate surface area is 103 Å². The molecule has 1 aromatic carbocycles. The van der Waals surface area contributed by atoms with Crippen LogP contribution in [0.25, 0.3) is 0 Å². The fourth-order valence-electron chi connectivity index (χ4n) is 1.74. The molecule has 0 fully saturated rings. The number of methoxy groups -OCH3 is 2. The summed E-state index contributed by atoms with van der Waals surface area (Å²) in [5.41, 5.74) is 6.72. The summed E-state index contributed by atoms with van der Waals surface area (Å²) in [4.78, 5) is 0. The maximum Gasteiger partial charge on any atom is 0.124 e. The van der Waals surface area contributed by atoms with Gasteiger partial charge < -0.3 is 19.9 Å². The summed E-state index contributed by atoms with van der Waals surface area (Å²) in [5.74, 6) is 0.799. The number of benzene rings is 1. The Kier molecular flexibility index (Phi) is 5.97. The molecule has 4 nitrogen and oxygen atoms in total. The molecule has 17 heavy (non-hydrogen) atoms. The van der Waals surface area contributed by atoms with E-state index in [1.54, 1.807) is 14.2 Å². The third-order valence-electron chi connectivity index (χ3n) is 2.50. The topological polar surface area (TPSA) is 53.7 Å². The van der Waals surface area contributed by atoms with Gasteiger partial charge in [-0.1, -0.05) is 18.2 Å². The van der Waals surface area contributed by atoms with Gasteiger partial charge >= 0.3 is 0 Å². The summed E-state index contributed by atoms with van der Waals surface area (Å²) in [6, 6.07) is 7.75. The largest absolute Gasteiger partial charge is 0.496 e. The first-order valence-electron chi connectivity index (χ1n) is 5.70. The monoisotopic (exact) mass is 239 g/mol. The number of ether oxygens (including phenoxy) is 3. The second kappa shape index (κ2) is 7.27. The first-order chi connectivity index (χ1) is 8.22. The van der Waals surface area contributed by atoms with Gasteiger partial charge in [0.25, 0.3) is 0 Å². The number of para-hydroxylation sites is 1. The minimum Gasteiger partial charge on any atom is -0.496 e. The molecule has 0 amide bonds. The molecule has 2 N–H and O–H groups in total. The third kappa shape index (κ3) is 4.00. The van der Waals surface area contributed by atoms with Crippen LogP contribution in [0, 0.1) is 0 Å². The second-order valence-electron chi connectivity index (χ2n) is 3.87. The van der Waals surface area contributed by atoms with Gasteiger partial charge in [-0.3, -0.25) is 0 Å². The minimum absolute atomic E-state index is 0.00142. The molecule has 0 saturated heterocycles. The van der Waals surface area contributed by atoms with Crippen LogP contribution in [-0.2, 0) is 9.47 Å². The van der Waals surface area contributed by atoms with Crippen LogP contribution in [0.15, 0.2) is 24.3 Å². The Hall–Kier alpha value is -1.10. The Bertz CT molecular complexity index is 330. The summed E-state index contributed by atoms with van der Waals surface area (Å²) >= 11 is 0. The fraction of sp³-hybridized carbons (Fsp3) is 0.538. The molecule has 0 heterocycles. The SMILES string of the molecule is COCC(C)OC(CN)c1ccccc1OC. The van der Waals surface area contributed by atoms with Crippen molar-refractivity contribution in [2.24, 2.45) is 5.73 Å². The van der Waals surface area contributed by atoms with E-state index >= 15 is 0 Å². The van der Waals surface area contributed by atoms with Gasteiger partial charge in [-0.15, -0.1) is 0 Å². The van der Waals surface area contributed by atoms with Gasteiger partial charge in [0.15, 0.2) is 0 Å². The molecule has 0 aliphatic heterocycles. The van der Waals surface area contributed by atoms with Crippen molar-refractivity contribution >= 4 is 0 Å². The van der Waals surface area contributed by atoms with Gasteiger partial charge in [-0.2, -0.15) is 0 Å². The lowest BCUT2D eigenvalue weighted by atomic mass is 10.1. The molecule has 0 aromatic heterocycles. The molecule has 0 aliphatic rings. The highest BCUT2D eigenvalue weighted by atomic mass is 16.5. The van der Waals surface area contributed by atoms with Crippen LogP contribution in [-0.4, -0.2) is 33.5 Å². The summed E-state index contributed by atoms with van der Waals surface area (Å²) in [5, 5.41) is 0. The van der Waals surface area contributed by atoms with Crippen molar-refractivity contribution in [1.82, 2.24) is 0 Å². The van der Waals surface area contributed by atoms with Crippen LogP contribution in [0.2, 0.25) is 0 Å². The number of nitrogens with two attached hydrogens (primary N) is 1. The van der Waals surface area contributed by atoms with E-state index in [-0.39, 0.29) is 12.2 Å². The third-order valence-corrected chi connectivity index (χ3v) is 2.50. The van der Waals surface area contributed by atoms with Gasteiger partial charge in [-0.05, 0) is 13.0 Å². The zero-order chi connectivity index (χ0) is 12.7. The molecule has 0 saturated carbocycles. The highest BCUT2D eigenvalue weighted by Crippen LogP contribution is 2.27. The standard InChI is InChI=1S/C13H21NO3/c1-10(9-15-2)17-13(8-14)11-6-4-5-7-12(11)16-3/h4-7,10,13H,8-9,14H2,1-3H3. The lowest BCUT2D eigenvalue weighted by molar-refractivity contribution is -0.0369. The molecule has 1 rings (SSSR count). The first kappa shape index (κ1) is 14.0. The van der Waals surface area contributed by atoms with E-state index in [0.29, 0.717) is 13.2 Å². The van der Waals surface area contributed by atoms with E-state index in [1.165, 1.54) is 0 Å². The zero-order valence-electron chi connectivity index (χ0n) is 10.7. The summed E-state index contributed by atoms with van der Waals surface area (Å²) in [6.07, 6.45) is -0.172. The maximum absolute atomic E-state index is 5.84. The van der Waals surface area contributed by atoms with E-state index in [9.17, 15) is 0 Å². The average Bonchev–Trinajstić information content (AvgIpc) is 2.36. The number of hydrogen-bond donors (Lipinski definition) is 1. The molecule has 2 atom stereocenters. The van der Waals surface area contributed by atoms with Crippen molar-refractivity contribution in [2.45, 2.75) is 19.1 Å². The lowest BCUT2D eigenvalue weighted by Gasteiger charge is -2.22. The van der Waals surface area contributed by atoms with Crippen molar-refractivity contribution in [2.75, 3.05) is 27.4 Å². The van der Waals surface area contributed by atoms with Gasteiger partial charge in [0.2, 0.25) is 0 Å². The fourth-order valence-corrected chi connectivity index (χ4v) is 1.74. The van der Waals surface area contributed by atoms with Crippen LogP contribution < -0.4 is 10.5 Å². The van der Waals surface area contributed by atoms with Crippen molar-refractivity contribution < 1.29 is 14.2 Å². The molecule has 0 aliphatic carbocycles. The van der Waals surface area contributed by atoms with Gasteiger partial charge in [0, 0.05) is 19.2 Å². The highest BCUT2D eigenvalue weighted by Gasteiger charge is 2.17. The van der Waals surface area contributed by atoms with E-state index < -0.39 is 0 Å². The first-order valence-corrected chi connectivity index (χ1v) is 5.70. The predicted molar refractivity (Wildman–Crippen MR) is 67.2 cm³/mol. The molecule has 0 bridgehead atoms. The Morgan fingerprint density at radius 3 is 2.53 bits per heavy atom. The zero-order valence-corrected chi connectivity index (χ0v) is 10.7. The molecule has 2 unspecified atom stereocenters. The van der Waals surface area contributed by atoms with Crippen molar-refractivity contribution in [1.29, 1.82) is 0 Å². The lowest BCUT2D eigenvalue weighted by Crippen LogP contribution is -2.24. The van der Waals surface area contributed by atoms with E-state index in [4.69, 9.17) is 19.9 Å². The number of rotatable bonds is 7. The molecular weight excluding hydrogens is 218 g/mol. The predicted octanol–water partition coefficient (Wildman–Crippen LogP) is 1.75. The van der Waals surface area contributed by atoms with E-state index in [1.807, 2.05) is 31.2 Å². The van der Waals surface area contributed by atoms with Crippen molar-refractivity contribution in [3.05, 3.63) is 29.8 Å². The Morgan fingerprint density at radius 2 is 1.94 bits per heavy atom. The van der Waals surface area contributed by atoms with Crippen molar-refractivity contribution in [3.8, 4) is 5.75 Å². The van der Waals surface area contributed by atoms with Crippen molar-refractivity contribution in [3.63, 3.8) is 0 Å². The number of hydrogen-bond acceptors (Lipinski definition) is 4. The highest BCUT2D eigenvalue weighted by molar-refractivity contribution is 5.35.